The zero-order chi connectivity index (χ0) is 13.6. The lowest BCUT2D eigenvalue weighted by atomic mass is 10.1. The second-order valence-electron chi connectivity index (χ2n) is 4.87. The zero-order valence-corrected chi connectivity index (χ0v) is 11.3. The second-order valence-corrected chi connectivity index (χ2v) is 5.75. The van der Waals surface area contributed by atoms with E-state index in [1.807, 2.05) is 20.2 Å². The van der Waals surface area contributed by atoms with Crippen molar-refractivity contribution in [3.63, 3.8) is 0 Å². The van der Waals surface area contributed by atoms with E-state index in [0.717, 1.165) is 4.88 Å². The van der Waals surface area contributed by atoms with Crippen LogP contribution in [-0.4, -0.2) is 31.4 Å². The molecule has 0 aliphatic carbocycles. The molecule has 0 aromatic carbocycles. The first-order chi connectivity index (χ1) is 9.00. The van der Waals surface area contributed by atoms with Crippen molar-refractivity contribution in [3.8, 4) is 0 Å². The highest BCUT2D eigenvalue weighted by atomic mass is 32.1. The van der Waals surface area contributed by atoms with Gasteiger partial charge in [-0.1, -0.05) is 0 Å². The van der Waals surface area contributed by atoms with Gasteiger partial charge in [0, 0.05) is 0 Å². The third kappa shape index (κ3) is 1.78. The number of quaternary nitrogens is 1. The molecule has 0 bridgehead atoms. The number of hydrogen-bond acceptors (Lipinski definition) is 5. The predicted molar refractivity (Wildman–Crippen MR) is 73.8 cm³/mol. The summed E-state index contributed by atoms with van der Waals surface area (Å²) in [7, 11) is 3.84. The van der Waals surface area contributed by atoms with Crippen LogP contribution < -0.4 is 4.48 Å². The van der Waals surface area contributed by atoms with E-state index in [2.05, 4.69) is 4.99 Å². The molecule has 1 aliphatic heterocycles. The zero-order valence-electron chi connectivity index (χ0n) is 10.5. The van der Waals surface area contributed by atoms with Gasteiger partial charge < -0.3 is 4.42 Å². The van der Waals surface area contributed by atoms with Crippen LogP contribution >= 0.6 is 11.3 Å². The topological polar surface area (TPSA) is 68.6 Å². The molecule has 2 aromatic heterocycles. The molecule has 3 rings (SSSR count). The van der Waals surface area contributed by atoms with E-state index in [-0.39, 0.29) is 10.6 Å². The summed E-state index contributed by atoms with van der Waals surface area (Å²) < 4.78 is 5.74. The number of hydrogen-bond donors (Lipinski definition) is 0. The van der Waals surface area contributed by atoms with E-state index < -0.39 is 0 Å². The van der Waals surface area contributed by atoms with E-state index in [1.165, 1.54) is 11.3 Å². The molecule has 2 aromatic rings. The van der Waals surface area contributed by atoms with Crippen LogP contribution in [0.15, 0.2) is 33.2 Å². The number of nitro groups is 1. The van der Waals surface area contributed by atoms with Crippen LogP contribution in [0.1, 0.15) is 10.6 Å². The van der Waals surface area contributed by atoms with Crippen molar-refractivity contribution < 1.29 is 9.34 Å². The first-order valence-corrected chi connectivity index (χ1v) is 6.57. The molecule has 1 aliphatic rings. The summed E-state index contributed by atoms with van der Waals surface area (Å²) in [5.41, 5.74) is 1.57. The van der Waals surface area contributed by atoms with Gasteiger partial charge in [-0.05, 0) is 12.1 Å². The highest BCUT2D eigenvalue weighted by Crippen LogP contribution is 2.43. The lowest BCUT2D eigenvalue weighted by molar-refractivity contribution is -0.384. The fourth-order valence-corrected chi connectivity index (χ4v) is 3.39. The minimum Gasteiger partial charge on any atom is -0.463 e. The first-order valence-electron chi connectivity index (χ1n) is 5.69. The molecule has 0 fully saturated rings. The van der Waals surface area contributed by atoms with Crippen molar-refractivity contribution >= 4 is 28.4 Å². The van der Waals surface area contributed by atoms with Crippen LogP contribution in [0.2, 0.25) is 0 Å². The van der Waals surface area contributed by atoms with Crippen molar-refractivity contribution in [1.82, 2.24) is 4.48 Å². The van der Waals surface area contributed by atoms with Gasteiger partial charge in [0.2, 0.25) is 5.69 Å². The molecular weight excluding hydrogens is 266 g/mol. The average molecular weight is 278 g/mol. The van der Waals surface area contributed by atoms with Crippen LogP contribution in [0.5, 0.6) is 0 Å². The molecule has 3 heterocycles. The molecule has 0 spiro atoms. The Labute approximate surface area is 113 Å². The van der Waals surface area contributed by atoms with Crippen molar-refractivity contribution in [1.29, 1.82) is 0 Å². The van der Waals surface area contributed by atoms with Crippen LogP contribution in [0.4, 0.5) is 11.4 Å². The molecule has 0 amide bonds. The van der Waals surface area contributed by atoms with Gasteiger partial charge in [-0.25, -0.2) is 4.99 Å². The Morgan fingerprint density at radius 2 is 2.32 bits per heavy atom. The van der Waals surface area contributed by atoms with Gasteiger partial charge in [-0.15, -0.1) is 11.3 Å². The molecule has 0 atom stereocenters. The number of thiophene rings is 1. The number of aliphatic imine (C=N–C) groups is 1. The molecule has 0 N–H and O–H groups in total. The van der Waals surface area contributed by atoms with Crippen LogP contribution in [0.3, 0.4) is 0 Å². The molecule has 0 radical (unpaired) electrons. The highest BCUT2D eigenvalue weighted by Gasteiger charge is 2.40. The van der Waals surface area contributed by atoms with Gasteiger partial charge in [0.1, 0.15) is 10.6 Å². The molecular formula is C12H12N3O3S+. The molecule has 6 nitrogen and oxygen atoms in total. The van der Waals surface area contributed by atoms with Crippen LogP contribution in [-0.2, 0) is 0 Å². The van der Waals surface area contributed by atoms with Crippen LogP contribution in [0, 0.1) is 10.1 Å². The fourth-order valence-electron chi connectivity index (χ4n) is 2.22. The normalized spacial score (nSPS) is 16.8. The van der Waals surface area contributed by atoms with Gasteiger partial charge in [0.05, 0.1) is 30.7 Å². The maximum absolute atomic E-state index is 11.2. The Morgan fingerprint density at radius 3 is 2.95 bits per heavy atom. The van der Waals surface area contributed by atoms with Crippen molar-refractivity contribution in [2.24, 2.45) is 4.99 Å². The quantitative estimate of drug-likeness (QED) is 0.481. The van der Waals surface area contributed by atoms with Gasteiger partial charge in [-0.3, -0.25) is 14.6 Å². The van der Waals surface area contributed by atoms with Crippen molar-refractivity contribution in [2.45, 2.75) is 0 Å². The number of nitrogens with zero attached hydrogens (tertiary/aromatic N) is 3. The number of fused-ring (bicyclic) bond motifs is 1. The lowest BCUT2D eigenvalue weighted by Gasteiger charge is -2.29. The third-order valence-electron chi connectivity index (χ3n) is 3.10. The SMILES string of the molecule is C[N+]1(C)CN=C(c2ccco2)c2scc([N+](=O)[O-])c21. The Hall–Kier alpha value is -1.99. The summed E-state index contributed by atoms with van der Waals surface area (Å²) in [6, 6.07) is 3.60. The molecule has 0 saturated carbocycles. The lowest BCUT2D eigenvalue weighted by Crippen LogP contribution is -2.44. The average Bonchev–Trinajstić information content (AvgIpc) is 2.96. The van der Waals surface area contributed by atoms with E-state index in [0.29, 0.717) is 28.3 Å². The highest BCUT2D eigenvalue weighted by molar-refractivity contribution is 7.13. The maximum Gasteiger partial charge on any atom is 0.340 e. The Kier molecular flexibility index (Phi) is 2.54. The summed E-state index contributed by atoms with van der Waals surface area (Å²) in [4.78, 5) is 16.2. The molecule has 0 unspecified atom stereocenters. The smallest absolute Gasteiger partial charge is 0.340 e. The third-order valence-corrected chi connectivity index (χ3v) is 4.06. The van der Waals surface area contributed by atoms with Crippen molar-refractivity contribution in [3.05, 3.63) is 44.5 Å². The molecule has 0 saturated heterocycles. The number of rotatable bonds is 2. The van der Waals surface area contributed by atoms with E-state index in [4.69, 9.17) is 4.42 Å². The van der Waals surface area contributed by atoms with Crippen molar-refractivity contribution in [2.75, 3.05) is 20.8 Å². The summed E-state index contributed by atoms with van der Waals surface area (Å²) >= 11 is 1.34. The Balaban J connectivity index is 2.22. The largest absolute Gasteiger partial charge is 0.463 e. The minimum atomic E-state index is -0.333. The van der Waals surface area contributed by atoms with Gasteiger partial charge in [0.15, 0.2) is 12.4 Å². The predicted octanol–water partition coefficient (Wildman–Crippen LogP) is 2.62. The summed E-state index contributed by atoms with van der Waals surface area (Å²) in [5.74, 6) is 0.651. The summed E-state index contributed by atoms with van der Waals surface area (Å²) in [6.45, 7) is 0.459. The summed E-state index contributed by atoms with van der Waals surface area (Å²) in [6.07, 6.45) is 1.58. The van der Waals surface area contributed by atoms with Gasteiger partial charge in [-0.2, -0.15) is 0 Å². The molecule has 7 heteroatoms. The minimum absolute atomic E-state index is 0.156. The number of furan rings is 1. The van der Waals surface area contributed by atoms with Gasteiger partial charge >= 0.3 is 5.69 Å². The van der Waals surface area contributed by atoms with E-state index in [1.54, 1.807) is 17.7 Å². The first kappa shape index (κ1) is 12.1. The Bertz CT molecular complexity index is 670. The Morgan fingerprint density at radius 1 is 1.53 bits per heavy atom. The van der Waals surface area contributed by atoms with Gasteiger partial charge in [0.25, 0.3) is 0 Å². The summed E-state index contributed by atoms with van der Waals surface area (Å²) in [5, 5.41) is 12.7. The fraction of sp³-hybridized carbons (Fsp3) is 0.250. The second kappa shape index (κ2) is 4.01. The van der Waals surface area contributed by atoms with Crippen LogP contribution in [0.25, 0.3) is 0 Å². The van der Waals surface area contributed by atoms with E-state index >= 15 is 0 Å². The standard InChI is InChI=1S/C12H12N3O3S/c1-15(2)7-13-10(9-4-3-5-18-9)12-11(15)8(6-19-12)14(16)17/h3-6H,7H2,1-2H3/q+1. The van der Waals surface area contributed by atoms with E-state index in [9.17, 15) is 10.1 Å². The monoisotopic (exact) mass is 278 g/mol. The molecule has 19 heavy (non-hydrogen) atoms. The maximum atomic E-state index is 11.2. The molecule has 98 valence electrons.